The van der Waals surface area contributed by atoms with Crippen LogP contribution in [-0.4, -0.2) is 11.8 Å². The highest BCUT2D eigenvalue weighted by atomic mass is 19.1. The number of carbonyl (C=O) groups is 2. The lowest BCUT2D eigenvalue weighted by Gasteiger charge is -2.18. The van der Waals surface area contributed by atoms with Crippen LogP contribution in [0.15, 0.2) is 36.4 Å². The highest BCUT2D eigenvalue weighted by molar-refractivity contribution is 6.17. The number of amides is 2. The average molecular weight is 340 g/mol. The van der Waals surface area contributed by atoms with Gasteiger partial charge >= 0.3 is 0 Å². The summed E-state index contributed by atoms with van der Waals surface area (Å²) in [6.07, 6.45) is 0.923. The summed E-state index contributed by atoms with van der Waals surface area (Å²) in [4.78, 5) is 25.3. The predicted molar refractivity (Wildman–Crippen MR) is 96.0 cm³/mol. The molecule has 5 heteroatoms. The van der Waals surface area contributed by atoms with Crippen molar-refractivity contribution >= 4 is 23.2 Å². The van der Waals surface area contributed by atoms with Gasteiger partial charge in [-0.15, -0.1) is 0 Å². The monoisotopic (exact) mass is 340 g/mol. The van der Waals surface area contributed by atoms with Gasteiger partial charge in [0.1, 0.15) is 11.2 Å². The zero-order chi connectivity index (χ0) is 18.2. The molecule has 1 aliphatic rings. The van der Waals surface area contributed by atoms with Gasteiger partial charge in [-0.3, -0.25) is 9.59 Å². The van der Waals surface area contributed by atoms with Crippen molar-refractivity contribution in [3.63, 3.8) is 0 Å². The number of aryl methyl sites for hydroxylation is 3. The Kier molecular flexibility index (Phi) is 4.33. The topological polar surface area (TPSA) is 58.2 Å². The molecule has 0 atom stereocenters. The van der Waals surface area contributed by atoms with Gasteiger partial charge in [-0.2, -0.15) is 0 Å². The van der Waals surface area contributed by atoms with Crippen LogP contribution in [0.1, 0.15) is 29.5 Å². The minimum atomic E-state index is -1.12. The zero-order valence-electron chi connectivity index (χ0n) is 14.6. The maximum absolute atomic E-state index is 13.7. The maximum atomic E-state index is 13.7. The van der Waals surface area contributed by atoms with E-state index in [-0.39, 0.29) is 11.6 Å². The predicted octanol–water partition coefficient (Wildman–Crippen LogP) is 4.11. The van der Waals surface area contributed by atoms with Crippen LogP contribution in [0.5, 0.6) is 0 Å². The lowest BCUT2D eigenvalue weighted by atomic mass is 10.0. The largest absolute Gasteiger partial charge is 0.325 e. The lowest BCUT2D eigenvalue weighted by molar-refractivity contribution is -0.131. The first-order valence-corrected chi connectivity index (χ1v) is 8.29. The molecule has 2 aromatic carbocycles. The highest BCUT2D eigenvalue weighted by Crippen LogP contribution is 2.48. The Morgan fingerprint density at radius 1 is 0.960 bits per heavy atom. The molecule has 1 fully saturated rings. The minimum Gasteiger partial charge on any atom is -0.325 e. The number of anilines is 2. The fourth-order valence-corrected chi connectivity index (χ4v) is 3.10. The summed E-state index contributed by atoms with van der Waals surface area (Å²) >= 11 is 0. The van der Waals surface area contributed by atoms with Crippen LogP contribution in [0.4, 0.5) is 15.8 Å². The molecule has 1 aliphatic carbocycles. The number of rotatable bonds is 4. The van der Waals surface area contributed by atoms with Crippen LogP contribution >= 0.6 is 0 Å². The first-order valence-electron chi connectivity index (χ1n) is 8.29. The summed E-state index contributed by atoms with van der Waals surface area (Å²) < 4.78 is 13.7. The van der Waals surface area contributed by atoms with Crippen LogP contribution in [0.3, 0.4) is 0 Å². The van der Waals surface area contributed by atoms with Gasteiger partial charge in [0.2, 0.25) is 11.8 Å². The number of nitrogens with one attached hydrogen (secondary N) is 2. The third-order valence-corrected chi connectivity index (χ3v) is 4.66. The summed E-state index contributed by atoms with van der Waals surface area (Å²) in [7, 11) is 0. The molecule has 0 unspecified atom stereocenters. The Hall–Kier alpha value is -2.69. The molecule has 0 saturated heterocycles. The van der Waals surface area contributed by atoms with E-state index in [0.717, 1.165) is 22.4 Å². The number of halogens is 1. The van der Waals surface area contributed by atoms with Crippen molar-refractivity contribution < 1.29 is 14.0 Å². The second-order valence-electron chi connectivity index (χ2n) is 6.74. The van der Waals surface area contributed by atoms with E-state index >= 15 is 0 Å². The summed E-state index contributed by atoms with van der Waals surface area (Å²) in [5.41, 5.74) is 2.74. The van der Waals surface area contributed by atoms with Gasteiger partial charge in [0.25, 0.3) is 0 Å². The van der Waals surface area contributed by atoms with Crippen molar-refractivity contribution in [3.8, 4) is 0 Å². The molecule has 0 bridgehead atoms. The molecule has 25 heavy (non-hydrogen) atoms. The Bertz CT molecular complexity index is 834. The zero-order valence-corrected chi connectivity index (χ0v) is 14.6. The second-order valence-corrected chi connectivity index (χ2v) is 6.74. The second kappa shape index (κ2) is 6.31. The van der Waals surface area contributed by atoms with Crippen molar-refractivity contribution in [1.82, 2.24) is 0 Å². The summed E-state index contributed by atoms with van der Waals surface area (Å²) in [6, 6.07) is 9.91. The summed E-state index contributed by atoms with van der Waals surface area (Å²) in [6.45, 7) is 5.85. The quantitative estimate of drug-likeness (QED) is 0.823. The van der Waals surface area contributed by atoms with Gasteiger partial charge < -0.3 is 10.6 Å². The first kappa shape index (κ1) is 17.1. The van der Waals surface area contributed by atoms with Gasteiger partial charge in [0.05, 0.1) is 5.69 Å². The normalized spacial score (nSPS) is 14.7. The Morgan fingerprint density at radius 3 is 2.08 bits per heavy atom. The van der Waals surface area contributed by atoms with Gasteiger partial charge in [0.15, 0.2) is 0 Å². The van der Waals surface area contributed by atoms with Crippen molar-refractivity contribution in [2.45, 2.75) is 33.6 Å². The summed E-state index contributed by atoms with van der Waals surface area (Å²) in [5.74, 6) is -1.31. The van der Waals surface area contributed by atoms with Crippen LogP contribution in [0.25, 0.3) is 0 Å². The SMILES string of the molecule is Cc1cc(C)c(NC(=O)C2(C(=O)Nc3ccccc3F)CC2)c(C)c1. The van der Waals surface area contributed by atoms with Gasteiger partial charge in [-0.05, 0) is 56.9 Å². The van der Waals surface area contributed by atoms with Crippen LogP contribution in [0.2, 0.25) is 0 Å². The van der Waals surface area contributed by atoms with E-state index in [1.54, 1.807) is 12.1 Å². The summed E-state index contributed by atoms with van der Waals surface area (Å²) in [5, 5.41) is 5.44. The number of carbonyl (C=O) groups excluding carboxylic acids is 2. The van der Waals surface area contributed by atoms with Crippen molar-refractivity contribution in [2.24, 2.45) is 5.41 Å². The lowest BCUT2D eigenvalue weighted by Crippen LogP contribution is -2.36. The Balaban J connectivity index is 1.78. The minimum absolute atomic E-state index is 0.0919. The molecule has 130 valence electrons. The van der Waals surface area contributed by atoms with Crippen LogP contribution < -0.4 is 10.6 Å². The molecule has 3 rings (SSSR count). The van der Waals surface area contributed by atoms with Crippen molar-refractivity contribution in [1.29, 1.82) is 0 Å². The molecule has 2 N–H and O–H groups in total. The highest BCUT2D eigenvalue weighted by Gasteiger charge is 2.56. The van der Waals surface area contributed by atoms with Gasteiger partial charge in [0, 0.05) is 5.69 Å². The van der Waals surface area contributed by atoms with Gasteiger partial charge in [-0.1, -0.05) is 29.8 Å². The Morgan fingerprint density at radius 2 is 1.52 bits per heavy atom. The van der Waals surface area contributed by atoms with E-state index in [2.05, 4.69) is 10.6 Å². The molecule has 1 saturated carbocycles. The molecule has 0 spiro atoms. The smallest absolute Gasteiger partial charge is 0.240 e. The van der Waals surface area contributed by atoms with Crippen molar-refractivity contribution in [3.05, 3.63) is 58.9 Å². The molecule has 0 radical (unpaired) electrons. The van der Waals surface area contributed by atoms with E-state index in [1.165, 1.54) is 12.1 Å². The maximum Gasteiger partial charge on any atom is 0.240 e. The molecule has 2 amide bonds. The number of hydrogen-bond acceptors (Lipinski definition) is 2. The third kappa shape index (κ3) is 3.27. The van der Waals surface area contributed by atoms with Gasteiger partial charge in [-0.25, -0.2) is 4.39 Å². The molecule has 2 aromatic rings. The van der Waals surface area contributed by atoms with E-state index in [1.807, 2.05) is 32.9 Å². The molecular weight excluding hydrogens is 319 g/mol. The Labute approximate surface area is 146 Å². The standard InChI is InChI=1S/C20H21FN2O2/c1-12-10-13(2)17(14(3)11-12)23-19(25)20(8-9-20)18(24)22-16-7-5-4-6-15(16)21/h4-7,10-11H,8-9H2,1-3H3,(H,22,24)(H,23,25). The van der Waals surface area contributed by atoms with Crippen LogP contribution in [-0.2, 0) is 9.59 Å². The molecular formula is C20H21FN2O2. The van der Waals surface area contributed by atoms with Crippen LogP contribution in [0, 0.1) is 32.0 Å². The first-order chi connectivity index (χ1) is 11.8. The fourth-order valence-electron chi connectivity index (χ4n) is 3.10. The third-order valence-electron chi connectivity index (χ3n) is 4.66. The van der Waals surface area contributed by atoms with Crippen molar-refractivity contribution in [2.75, 3.05) is 10.6 Å². The molecule has 4 nitrogen and oxygen atoms in total. The van der Waals surface area contributed by atoms with E-state index in [9.17, 15) is 14.0 Å². The number of para-hydroxylation sites is 1. The molecule has 0 aromatic heterocycles. The molecule has 0 aliphatic heterocycles. The van der Waals surface area contributed by atoms with E-state index in [0.29, 0.717) is 12.8 Å². The number of hydrogen-bond donors (Lipinski definition) is 2. The average Bonchev–Trinajstić information content (AvgIpc) is 3.34. The fraction of sp³-hybridized carbons (Fsp3) is 0.300. The van der Waals surface area contributed by atoms with E-state index in [4.69, 9.17) is 0 Å². The number of benzene rings is 2. The molecule has 0 heterocycles. The van der Waals surface area contributed by atoms with E-state index < -0.39 is 17.1 Å².